The van der Waals surface area contributed by atoms with Gasteiger partial charge >= 0.3 is 0 Å². The molecule has 4 aromatic rings. The molecule has 1 amide bonds. The van der Waals surface area contributed by atoms with Crippen LogP contribution >= 0.6 is 11.3 Å². The van der Waals surface area contributed by atoms with Crippen molar-refractivity contribution in [3.05, 3.63) is 76.4 Å². The van der Waals surface area contributed by atoms with Crippen molar-refractivity contribution in [2.45, 2.75) is 27.2 Å². The van der Waals surface area contributed by atoms with Crippen molar-refractivity contribution < 1.29 is 4.79 Å². The van der Waals surface area contributed by atoms with E-state index in [-0.39, 0.29) is 5.91 Å². The first-order valence-electron chi connectivity index (χ1n) is 8.90. The summed E-state index contributed by atoms with van der Waals surface area (Å²) in [6.45, 7) is 6.21. The lowest BCUT2D eigenvalue weighted by molar-refractivity contribution is -0.115. The molecule has 0 unspecified atom stereocenters. The smallest absolute Gasteiger partial charge is 0.230 e. The highest BCUT2D eigenvalue weighted by molar-refractivity contribution is 7.15. The fourth-order valence-electron chi connectivity index (χ4n) is 3.07. The summed E-state index contributed by atoms with van der Waals surface area (Å²) in [5.74, 6) is -0.0227. The van der Waals surface area contributed by atoms with Crippen LogP contribution in [0.3, 0.4) is 0 Å². The molecule has 0 saturated carbocycles. The number of amides is 1. The summed E-state index contributed by atoms with van der Waals surface area (Å²) >= 11 is 1.56. The maximum absolute atomic E-state index is 12.5. The van der Waals surface area contributed by atoms with Gasteiger partial charge in [0.05, 0.1) is 12.1 Å². The van der Waals surface area contributed by atoms with Gasteiger partial charge < -0.3 is 5.32 Å². The van der Waals surface area contributed by atoms with E-state index in [9.17, 15) is 4.79 Å². The Bertz CT molecular complexity index is 1140. The summed E-state index contributed by atoms with van der Waals surface area (Å²) in [4.78, 5) is 18.1. The number of para-hydroxylation sites is 1. The predicted octanol–water partition coefficient (Wildman–Crippen LogP) is 5.17. The Morgan fingerprint density at radius 2 is 1.89 bits per heavy atom. The van der Waals surface area contributed by atoms with Gasteiger partial charge in [-0.3, -0.25) is 9.20 Å². The van der Waals surface area contributed by atoms with Gasteiger partial charge in [-0.05, 0) is 49.6 Å². The highest BCUT2D eigenvalue weighted by Gasteiger charge is 2.13. The van der Waals surface area contributed by atoms with Crippen molar-refractivity contribution in [1.82, 2.24) is 9.38 Å². The molecule has 136 valence electrons. The molecule has 2 aromatic carbocycles. The number of carbonyl (C=O) groups excluding carboxylic acids is 1. The third-order valence-electron chi connectivity index (χ3n) is 4.85. The number of aromatic nitrogens is 2. The molecule has 2 aromatic heterocycles. The van der Waals surface area contributed by atoms with Crippen LogP contribution in [0.15, 0.2) is 54.0 Å². The average Bonchev–Trinajstić information content (AvgIpc) is 3.21. The molecule has 0 aliphatic rings. The fourth-order valence-corrected chi connectivity index (χ4v) is 3.94. The van der Waals surface area contributed by atoms with Crippen molar-refractivity contribution in [3.8, 4) is 11.3 Å². The quantitative estimate of drug-likeness (QED) is 0.535. The number of hydrogen-bond donors (Lipinski definition) is 1. The highest BCUT2D eigenvalue weighted by atomic mass is 32.1. The van der Waals surface area contributed by atoms with E-state index >= 15 is 0 Å². The van der Waals surface area contributed by atoms with E-state index in [0.29, 0.717) is 6.42 Å². The first-order chi connectivity index (χ1) is 13.0. The Kier molecular flexibility index (Phi) is 4.54. The minimum absolute atomic E-state index is 0.0227. The van der Waals surface area contributed by atoms with Gasteiger partial charge in [0, 0.05) is 28.5 Å². The Morgan fingerprint density at radius 1 is 1.07 bits per heavy atom. The maximum Gasteiger partial charge on any atom is 0.230 e. The minimum Gasteiger partial charge on any atom is -0.326 e. The minimum atomic E-state index is -0.0227. The van der Waals surface area contributed by atoms with E-state index in [1.165, 1.54) is 11.1 Å². The molecule has 2 heterocycles. The monoisotopic (exact) mass is 375 g/mol. The highest BCUT2D eigenvalue weighted by Crippen LogP contribution is 2.25. The van der Waals surface area contributed by atoms with Crippen LogP contribution in [0.1, 0.15) is 22.4 Å². The number of benzene rings is 2. The van der Waals surface area contributed by atoms with Gasteiger partial charge in [0.25, 0.3) is 0 Å². The number of rotatable bonds is 4. The molecule has 5 heteroatoms. The molecular formula is C22H21N3OS. The van der Waals surface area contributed by atoms with Crippen LogP contribution in [0, 0.1) is 20.8 Å². The summed E-state index contributed by atoms with van der Waals surface area (Å²) in [6.07, 6.45) is 2.34. The maximum atomic E-state index is 12.5. The fraction of sp³-hybridized carbons (Fsp3) is 0.182. The molecule has 0 radical (unpaired) electrons. The summed E-state index contributed by atoms with van der Waals surface area (Å²) < 4.78 is 2.02. The number of nitrogens with one attached hydrogen (secondary N) is 1. The molecule has 0 spiro atoms. The summed E-state index contributed by atoms with van der Waals surface area (Å²) in [5, 5.41) is 5.00. The molecule has 1 N–H and O–H groups in total. The zero-order valence-electron chi connectivity index (χ0n) is 15.6. The Morgan fingerprint density at radius 3 is 2.67 bits per heavy atom. The molecule has 4 rings (SSSR count). The van der Waals surface area contributed by atoms with Crippen LogP contribution in [0.2, 0.25) is 0 Å². The van der Waals surface area contributed by atoms with Gasteiger partial charge in [-0.1, -0.05) is 30.3 Å². The number of fused-ring (bicyclic) bond motifs is 1. The predicted molar refractivity (Wildman–Crippen MR) is 111 cm³/mol. The van der Waals surface area contributed by atoms with Crippen LogP contribution in [0.25, 0.3) is 16.2 Å². The van der Waals surface area contributed by atoms with Gasteiger partial charge in [0.2, 0.25) is 5.91 Å². The summed E-state index contributed by atoms with van der Waals surface area (Å²) in [7, 11) is 0. The molecule has 0 saturated heterocycles. The Hall–Kier alpha value is -2.92. The van der Waals surface area contributed by atoms with Crippen molar-refractivity contribution >= 4 is 27.9 Å². The van der Waals surface area contributed by atoms with Crippen LogP contribution < -0.4 is 5.32 Å². The van der Waals surface area contributed by atoms with Crippen molar-refractivity contribution in [2.24, 2.45) is 0 Å². The molecule has 4 nitrogen and oxygen atoms in total. The molecular weight excluding hydrogens is 354 g/mol. The summed E-state index contributed by atoms with van der Waals surface area (Å²) in [5.41, 5.74) is 7.42. The first kappa shape index (κ1) is 17.5. The van der Waals surface area contributed by atoms with Crippen molar-refractivity contribution in [2.75, 3.05) is 5.32 Å². The van der Waals surface area contributed by atoms with Crippen LogP contribution in [0.4, 0.5) is 5.69 Å². The lowest BCUT2D eigenvalue weighted by atomic mass is 10.0. The lowest BCUT2D eigenvalue weighted by Gasteiger charge is -2.07. The second kappa shape index (κ2) is 7.00. The lowest BCUT2D eigenvalue weighted by Crippen LogP contribution is -2.15. The number of thiazole rings is 1. The molecule has 0 aliphatic heterocycles. The van der Waals surface area contributed by atoms with Crippen LogP contribution in [-0.2, 0) is 11.2 Å². The molecule has 0 bridgehead atoms. The number of hydrogen-bond acceptors (Lipinski definition) is 3. The third-order valence-corrected chi connectivity index (χ3v) is 5.74. The number of nitrogens with zero attached hydrogens (tertiary/aromatic N) is 2. The second-order valence-corrected chi connectivity index (χ2v) is 7.68. The third kappa shape index (κ3) is 3.51. The molecule has 27 heavy (non-hydrogen) atoms. The molecule has 0 aliphatic carbocycles. The zero-order chi connectivity index (χ0) is 19.0. The second-order valence-electron chi connectivity index (χ2n) is 6.84. The van der Waals surface area contributed by atoms with Crippen molar-refractivity contribution in [3.63, 3.8) is 0 Å². The van der Waals surface area contributed by atoms with Gasteiger partial charge in [-0.2, -0.15) is 0 Å². The number of carbonyl (C=O) groups is 1. The van der Waals surface area contributed by atoms with E-state index in [2.05, 4.69) is 37.4 Å². The largest absolute Gasteiger partial charge is 0.326 e. The van der Waals surface area contributed by atoms with E-state index < -0.39 is 0 Å². The number of aryl methyl sites for hydroxylation is 3. The number of imidazole rings is 1. The SMILES string of the molecule is Cc1ccc(-c2cn3c(CC(=O)Nc4ccccc4C)csc3n2)cc1C. The van der Waals surface area contributed by atoms with E-state index in [0.717, 1.165) is 33.2 Å². The first-order valence-corrected chi connectivity index (χ1v) is 9.78. The van der Waals surface area contributed by atoms with Gasteiger partial charge in [0.15, 0.2) is 4.96 Å². The normalized spacial score (nSPS) is 11.1. The topological polar surface area (TPSA) is 46.4 Å². The summed E-state index contributed by atoms with van der Waals surface area (Å²) in [6, 6.07) is 14.2. The Labute approximate surface area is 162 Å². The Balaban J connectivity index is 1.58. The van der Waals surface area contributed by atoms with Crippen molar-refractivity contribution in [1.29, 1.82) is 0 Å². The standard InChI is InChI=1S/C22H21N3OS/c1-14-8-9-17(10-16(14)3)20-12-25-18(13-27-22(25)24-20)11-21(26)23-19-7-5-4-6-15(19)2/h4-10,12-13H,11H2,1-3H3,(H,23,26). The zero-order valence-corrected chi connectivity index (χ0v) is 16.4. The van der Waals surface area contributed by atoms with Crippen LogP contribution in [-0.4, -0.2) is 15.3 Å². The van der Waals surface area contributed by atoms with Gasteiger partial charge in [-0.25, -0.2) is 4.98 Å². The molecule has 0 fully saturated rings. The van der Waals surface area contributed by atoms with E-state index in [1.54, 1.807) is 11.3 Å². The van der Waals surface area contributed by atoms with Crippen LogP contribution in [0.5, 0.6) is 0 Å². The number of anilines is 1. The van der Waals surface area contributed by atoms with Gasteiger partial charge in [-0.15, -0.1) is 11.3 Å². The average molecular weight is 375 g/mol. The van der Waals surface area contributed by atoms with E-state index in [1.807, 2.05) is 47.2 Å². The van der Waals surface area contributed by atoms with E-state index in [4.69, 9.17) is 4.98 Å². The molecule has 0 atom stereocenters. The van der Waals surface area contributed by atoms with Gasteiger partial charge in [0.1, 0.15) is 0 Å².